The number of rotatable bonds is 0. The maximum absolute atomic E-state index is 4.64. The van der Waals surface area contributed by atoms with Crippen LogP contribution in [0.25, 0.3) is 0 Å². The number of thiol groups is 1. The Kier molecular flexibility index (Phi) is 99.6. The fourth-order valence-electron chi connectivity index (χ4n) is 0. The van der Waals surface area contributed by atoms with Crippen LogP contribution in [-0.4, -0.2) is 6.38 Å². The van der Waals surface area contributed by atoms with E-state index in [4.69, 9.17) is 0 Å². The van der Waals surface area contributed by atoms with Crippen LogP contribution in [0.3, 0.4) is 0 Å². The first-order chi connectivity index (χ1) is 1.00. The van der Waals surface area contributed by atoms with E-state index >= 15 is 0 Å². The molecule has 0 amide bonds. The van der Waals surface area contributed by atoms with Crippen LogP contribution >= 0.6 is 11.6 Å². The summed E-state index contributed by atoms with van der Waals surface area (Å²) in [5, 5.41) is 0. The van der Waals surface area contributed by atoms with Crippen LogP contribution in [0.4, 0.5) is 0 Å². The van der Waals surface area contributed by atoms with Gasteiger partial charge in [0.2, 0.25) is 0 Å². The van der Waals surface area contributed by atoms with Gasteiger partial charge >= 0.3 is 29.6 Å². The summed E-state index contributed by atoms with van der Waals surface area (Å²) in [6, 6.07) is 0. The van der Waals surface area contributed by atoms with Crippen LogP contribution < -0.4 is 29.6 Å². The molecule has 0 aromatic rings. The first kappa shape index (κ1) is 17.4. The molecule has 0 aliphatic carbocycles. The van der Waals surface area contributed by atoms with E-state index in [1.165, 1.54) is 6.38 Å². The largest absolute Gasteiger partial charge is 1.00 e. The van der Waals surface area contributed by atoms with Crippen molar-refractivity contribution < 1.29 is 29.6 Å². The standard InChI is InChI=1S/CH3Cl.Na.H2S/c1-2;;/h1H3;;1H2/q;+1;/p-1. The van der Waals surface area contributed by atoms with Gasteiger partial charge in [-0.1, -0.05) is 0 Å². The predicted molar refractivity (Wildman–Crippen MR) is 20.5 cm³/mol. The Bertz CT molecular complexity index is 8.00. The molecule has 0 fully saturated rings. The van der Waals surface area contributed by atoms with Crippen molar-refractivity contribution in [3.05, 3.63) is 0 Å². The zero-order valence-electron chi connectivity index (χ0n) is 2.83. The van der Waals surface area contributed by atoms with Gasteiger partial charge in [-0.3, -0.25) is 0 Å². The Balaban J connectivity index is -0.00000000500. The third-order valence-corrected chi connectivity index (χ3v) is 0. The molecular formula is CH4ClNaS. The van der Waals surface area contributed by atoms with E-state index in [2.05, 4.69) is 11.6 Å². The van der Waals surface area contributed by atoms with Crippen LogP contribution in [-0.2, 0) is 13.5 Å². The predicted octanol–water partition coefficient (Wildman–Crippen LogP) is -2.41. The molecule has 0 rings (SSSR count). The molecule has 0 heterocycles. The first-order valence-electron chi connectivity index (χ1n) is 0.378. The van der Waals surface area contributed by atoms with Crippen molar-refractivity contribution in [1.82, 2.24) is 0 Å². The molecule has 0 spiro atoms. The van der Waals surface area contributed by atoms with Gasteiger partial charge in [0.25, 0.3) is 0 Å². The summed E-state index contributed by atoms with van der Waals surface area (Å²) in [5.41, 5.74) is 0. The molecule has 0 aromatic heterocycles. The van der Waals surface area contributed by atoms with E-state index in [9.17, 15) is 0 Å². The summed E-state index contributed by atoms with van der Waals surface area (Å²) < 4.78 is 0. The zero-order valence-corrected chi connectivity index (χ0v) is 6.48. The van der Waals surface area contributed by atoms with Gasteiger partial charge in [0.1, 0.15) is 0 Å². The Morgan fingerprint density at radius 1 is 1.25 bits per heavy atom. The zero-order chi connectivity index (χ0) is 2.00. The minimum atomic E-state index is 0. The third kappa shape index (κ3) is 9.43. The molecular weight excluding hydrogens is 103 g/mol. The maximum Gasteiger partial charge on any atom is 1.00 e. The van der Waals surface area contributed by atoms with Crippen molar-refractivity contribution in [2.24, 2.45) is 0 Å². The van der Waals surface area contributed by atoms with Crippen LogP contribution in [0.5, 0.6) is 0 Å². The fraction of sp³-hybridized carbons (Fsp3) is 1.00. The van der Waals surface area contributed by atoms with Crippen molar-refractivity contribution in [3.63, 3.8) is 0 Å². The van der Waals surface area contributed by atoms with Crippen molar-refractivity contribution in [1.29, 1.82) is 0 Å². The molecule has 22 valence electrons. The van der Waals surface area contributed by atoms with Gasteiger partial charge < -0.3 is 13.5 Å². The van der Waals surface area contributed by atoms with Crippen molar-refractivity contribution in [2.45, 2.75) is 0 Å². The Morgan fingerprint density at radius 2 is 1.25 bits per heavy atom. The molecule has 0 aliphatic heterocycles. The van der Waals surface area contributed by atoms with Gasteiger partial charge in [-0.05, 0) is 0 Å². The van der Waals surface area contributed by atoms with Gasteiger partial charge in [-0.2, -0.15) is 0 Å². The number of hydrogen-bond donors (Lipinski definition) is 0. The van der Waals surface area contributed by atoms with Crippen LogP contribution in [0, 0.1) is 0 Å². The summed E-state index contributed by atoms with van der Waals surface area (Å²) in [6.45, 7) is 0. The van der Waals surface area contributed by atoms with Crippen molar-refractivity contribution >= 4 is 25.1 Å². The molecule has 0 saturated heterocycles. The maximum atomic E-state index is 4.64. The monoisotopic (exact) mass is 106 g/mol. The summed E-state index contributed by atoms with van der Waals surface area (Å²) in [7, 11) is 0. The minimum absolute atomic E-state index is 0. The molecule has 4 heavy (non-hydrogen) atoms. The molecule has 0 nitrogen and oxygen atoms in total. The first-order valence-corrected chi connectivity index (χ1v) is 1.13. The van der Waals surface area contributed by atoms with E-state index in [0.717, 1.165) is 0 Å². The molecule has 0 bridgehead atoms. The molecule has 0 saturated carbocycles. The molecule has 0 aliphatic rings. The summed E-state index contributed by atoms with van der Waals surface area (Å²) >= 11 is 4.64. The number of alkyl halides is 1. The third-order valence-electron chi connectivity index (χ3n) is 0. The SMILES string of the molecule is CCl.[Na+].[SH-]. The molecule has 0 N–H and O–H groups in total. The number of halogens is 1. The Morgan fingerprint density at radius 3 is 1.25 bits per heavy atom. The van der Waals surface area contributed by atoms with E-state index in [1.807, 2.05) is 0 Å². The molecule has 0 radical (unpaired) electrons. The van der Waals surface area contributed by atoms with Gasteiger partial charge in [-0.15, -0.1) is 11.6 Å². The summed E-state index contributed by atoms with van der Waals surface area (Å²) in [6.07, 6.45) is 1.47. The Hall–Kier alpha value is 1.64. The average molecular weight is 107 g/mol. The normalized spacial score (nSPS) is 1.50. The molecule has 3 heteroatoms. The van der Waals surface area contributed by atoms with Gasteiger partial charge in [-0.25, -0.2) is 0 Å². The molecule has 0 unspecified atom stereocenters. The van der Waals surface area contributed by atoms with Crippen molar-refractivity contribution in [2.75, 3.05) is 6.38 Å². The van der Waals surface area contributed by atoms with E-state index in [0.29, 0.717) is 0 Å². The molecule has 0 atom stereocenters. The second-order valence-electron chi connectivity index (χ2n) is 0. The van der Waals surface area contributed by atoms with E-state index in [-0.39, 0.29) is 43.1 Å². The summed E-state index contributed by atoms with van der Waals surface area (Å²) in [4.78, 5) is 0. The van der Waals surface area contributed by atoms with Crippen LogP contribution in [0.2, 0.25) is 0 Å². The fourth-order valence-corrected chi connectivity index (χ4v) is 0. The van der Waals surface area contributed by atoms with Gasteiger partial charge in [0.05, 0.1) is 0 Å². The topological polar surface area (TPSA) is 0 Å². The second kappa shape index (κ2) is 22.9. The quantitative estimate of drug-likeness (QED) is 0.144. The van der Waals surface area contributed by atoms with E-state index < -0.39 is 0 Å². The average Bonchev–Trinajstić information content (AvgIpc) is 1.00. The van der Waals surface area contributed by atoms with Gasteiger partial charge in [0.15, 0.2) is 0 Å². The minimum Gasteiger partial charge on any atom is -0.813 e. The summed E-state index contributed by atoms with van der Waals surface area (Å²) in [5.74, 6) is 0. The number of hydrogen-bond acceptors (Lipinski definition) is 1. The van der Waals surface area contributed by atoms with Crippen molar-refractivity contribution in [3.8, 4) is 0 Å². The smallest absolute Gasteiger partial charge is 0.813 e. The van der Waals surface area contributed by atoms with Crippen LogP contribution in [0.15, 0.2) is 0 Å². The molecule has 0 aromatic carbocycles. The second-order valence-corrected chi connectivity index (χ2v) is 0. The van der Waals surface area contributed by atoms with Gasteiger partial charge in [0, 0.05) is 6.38 Å². The van der Waals surface area contributed by atoms with E-state index in [1.54, 1.807) is 0 Å². The Labute approximate surface area is 60.6 Å². The van der Waals surface area contributed by atoms with Crippen LogP contribution in [0.1, 0.15) is 0 Å².